The molecule has 2 heterocycles. The molecule has 0 spiro atoms. The molecule has 0 fully saturated rings. The number of H-pyrrole nitrogens is 1. The molecule has 0 aliphatic carbocycles. The molecule has 0 radical (unpaired) electrons. The van der Waals surface area contributed by atoms with E-state index in [1.54, 1.807) is 20.8 Å². The summed E-state index contributed by atoms with van der Waals surface area (Å²) in [6.45, 7) is 5.38. The van der Waals surface area contributed by atoms with Crippen molar-refractivity contribution in [3.05, 3.63) is 23.4 Å². The molecule has 0 bridgehead atoms. The van der Waals surface area contributed by atoms with Crippen LogP contribution in [-0.2, 0) is 21.3 Å². The van der Waals surface area contributed by atoms with Crippen LogP contribution in [0.1, 0.15) is 36.8 Å². The Hall–Kier alpha value is -2.59. The molecule has 2 aromatic rings. The van der Waals surface area contributed by atoms with Crippen LogP contribution >= 0.6 is 0 Å². The Labute approximate surface area is 149 Å². The minimum absolute atomic E-state index is 0.00492. The molecule has 3 rings (SSSR count). The van der Waals surface area contributed by atoms with Crippen LogP contribution in [0.15, 0.2) is 17.0 Å². The fourth-order valence-corrected chi connectivity index (χ4v) is 3.66. The zero-order valence-corrected chi connectivity index (χ0v) is 15.2. The van der Waals surface area contributed by atoms with Crippen molar-refractivity contribution in [2.24, 2.45) is 0 Å². The van der Waals surface area contributed by atoms with Crippen molar-refractivity contribution < 1.29 is 32.4 Å². The number of nitrogens with zero attached hydrogens (tertiary/aromatic N) is 1. The number of aromatic carboxylic acids is 1. The number of carboxylic acids is 1. The Morgan fingerprint density at radius 3 is 2.46 bits per heavy atom. The molecule has 0 saturated heterocycles. The highest BCUT2D eigenvalue weighted by atomic mass is 32.2. The van der Waals surface area contributed by atoms with E-state index in [1.165, 1.54) is 11.0 Å². The van der Waals surface area contributed by atoms with Gasteiger partial charge in [0.15, 0.2) is 0 Å². The Morgan fingerprint density at radius 2 is 1.92 bits per heavy atom. The molecule has 1 aliphatic rings. The van der Waals surface area contributed by atoms with E-state index < -0.39 is 32.7 Å². The van der Waals surface area contributed by atoms with Crippen molar-refractivity contribution in [1.82, 2.24) is 4.98 Å². The monoisotopic (exact) mass is 382 g/mol. The summed E-state index contributed by atoms with van der Waals surface area (Å²) in [5.41, 5.74) is -0.0681. The summed E-state index contributed by atoms with van der Waals surface area (Å²) in [7, 11) is -4.65. The maximum atomic E-state index is 12.4. The lowest BCUT2D eigenvalue weighted by Gasteiger charge is -2.25. The van der Waals surface area contributed by atoms with Gasteiger partial charge in [0.1, 0.15) is 16.2 Å². The first-order chi connectivity index (χ1) is 11.9. The molecule has 10 heteroatoms. The molecular weight excluding hydrogens is 364 g/mol. The third-order valence-electron chi connectivity index (χ3n) is 3.96. The van der Waals surface area contributed by atoms with Gasteiger partial charge in [-0.1, -0.05) is 0 Å². The molecule has 3 N–H and O–H groups in total. The topological polar surface area (TPSA) is 137 Å². The van der Waals surface area contributed by atoms with Crippen molar-refractivity contribution in [2.75, 3.05) is 11.4 Å². The van der Waals surface area contributed by atoms with Gasteiger partial charge in [-0.25, -0.2) is 9.59 Å². The van der Waals surface area contributed by atoms with Crippen LogP contribution in [0.25, 0.3) is 10.9 Å². The average molecular weight is 382 g/mol. The van der Waals surface area contributed by atoms with Crippen LogP contribution < -0.4 is 4.90 Å². The quantitative estimate of drug-likeness (QED) is 0.678. The van der Waals surface area contributed by atoms with Gasteiger partial charge in [0, 0.05) is 11.9 Å². The number of aromatic nitrogens is 1. The van der Waals surface area contributed by atoms with Crippen LogP contribution in [0.3, 0.4) is 0 Å². The first-order valence-electron chi connectivity index (χ1n) is 7.78. The highest BCUT2D eigenvalue weighted by molar-refractivity contribution is 7.86. The number of aromatic amines is 1. The summed E-state index contributed by atoms with van der Waals surface area (Å²) in [6.07, 6.45) is -0.251. The normalized spacial score (nSPS) is 14.5. The molecule has 1 aliphatic heterocycles. The largest absolute Gasteiger partial charge is 0.477 e. The van der Waals surface area contributed by atoms with E-state index in [1.807, 2.05) is 0 Å². The number of carbonyl (C=O) groups is 2. The predicted molar refractivity (Wildman–Crippen MR) is 92.4 cm³/mol. The standard InChI is InChI=1S/C16H18N2O7S/c1-16(2,3)25-15(21)18-5-4-8-9-6-10(14(19)20)17-13(9)12(7-11(8)18)26(22,23)24/h6-7,17H,4-5H2,1-3H3,(H,19,20)(H,22,23,24). The smallest absolute Gasteiger partial charge is 0.414 e. The number of hydrogen-bond acceptors (Lipinski definition) is 5. The van der Waals surface area contributed by atoms with Gasteiger partial charge < -0.3 is 14.8 Å². The van der Waals surface area contributed by atoms with Crippen LogP contribution in [0, 0.1) is 0 Å². The molecule has 26 heavy (non-hydrogen) atoms. The second kappa shape index (κ2) is 5.71. The van der Waals surface area contributed by atoms with Gasteiger partial charge in [-0.15, -0.1) is 0 Å². The number of fused-ring (bicyclic) bond motifs is 3. The van der Waals surface area contributed by atoms with E-state index >= 15 is 0 Å². The lowest BCUT2D eigenvalue weighted by Crippen LogP contribution is -2.35. The molecule has 9 nitrogen and oxygen atoms in total. The van der Waals surface area contributed by atoms with E-state index in [-0.39, 0.29) is 23.4 Å². The minimum atomic E-state index is -4.65. The molecule has 0 unspecified atom stereocenters. The SMILES string of the molecule is CC(C)(C)OC(=O)N1CCc2c1cc(S(=O)(=O)O)c1[nH]c(C(=O)O)cc21. The van der Waals surface area contributed by atoms with E-state index in [2.05, 4.69) is 4.98 Å². The zero-order valence-electron chi connectivity index (χ0n) is 14.4. The second-order valence-corrected chi connectivity index (χ2v) is 8.40. The van der Waals surface area contributed by atoms with Crippen LogP contribution in [0.2, 0.25) is 0 Å². The summed E-state index contributed by atoms with van der Waals surface area (Å²) < 4.78 is 38.4. The summed E-state index contributed by atoms with van der Waals surface area (Å²) in [4.78, 5) is 27.0. The molecule has 0 saturated carbocycles. The molecule has 140 valence electrons. The van der Waals surface area contributed by atoms with Crippen LogP contribution in [-0.4, -0.2) is 47.3 Å². The van der Waals surface area contributed by atoms with Gasteiger partial charge in [-0.2, -0.15) is 8.42 Å². The molecule has 0 atom stereocenters. The lowest BCUT2D eigenvalue weighted by atomic mass is 10.1. The number of carboxylic acid groups (broad SMARTS) is 1. The number of ether oxygens (including phenoxy) is 1. The number of rotatable bonds is 2. The Bertz CT molecular complexity index is 1030. The van der Waals surface area contributed by atoms with Crippen molar-refractivity contribution in [2.45, 2.75) is 37.7 Å². The Morgan fingerprint density at radius 1 is 1.27 bits per heavy atom. The number of carbonyl (C=O) groups excluding carboxylic acids is 1. The maximum Gasteiger partial charge on any atom is 0.414 e. The van der Waals surface area contributed by atoms with Crippen molar-refractivity contribution in [3.63, 3.8) is 0 Å². The fraction of sp³-hybridized carbons (Fsp3) is 0.375. The number of amides is 1. The number of anilines is 1. The summed E-state index contributed by atoms with van der Waals surface area (Å²) in [5, 5.41) is 9.50. The van der Waals surface area contributed by atoms with Gasteiger partial charge in [0.2, 0.25) is 0 Å². The summed E-state index contributed by atoms with van der Waals surface area (Å²) in [5.74, 6) is -1.27. The predicted octanol–water partition coefficient (Wildman–Crippen LogP) is 2.41. The highest BCUT2D eigenvalue weighted by Gasteiger charge is 2.33. The highest BCUT2D eigenvalue weighted by Crippen LogP contribution is 2.39. The van der Waals surface area contributed by atoms with Crippen LogP contribution in [0.4, 0.5) is 10.5 Å². The average Bonchev–Trinajstić information content (AvgIpc) is 3.07. The Kier molecular flexibility index (Phi) is 4.00. The van der Waals surface area contributed by atoms with Crippen molar-refractivity contribution >= 4 is 38.8 Å². The first-order valence-corrected chi connectivity index (χ1v) is 9.22. The van der Waals surface area contributed by atoms with E-state index in [0.717, 1.165) is 6.07 Å². The number of nitrogens with one attached hydrogen (secondary N) is 1. The fourth-order valence-electron chi connectivity index (χ4n) is 2.98. The van der Waals surface area contributed by atoms with Gasteiger partial charge >= 0.3 is 12.1 Å². The molecular formula is C16H18N2O7S. The second-order valence-electron chi connectivity index (χ2n) is 7.01. The Balaban J connectivity index is 2.22. The summed E-state index contributed by atoms with van der Waals surface area (Å²) >= 11 is 0. The van der Waals surface area contributed by atoms with E-state index in [4.69, 9.17) is 9.84 Å². The van der Waals surface area contributed by atoms with E-state index in [0.29, 0.717) is 17.4 Å². The van der Waals surface area contributed by atoms with Gasteiger partial charge in [-0.05, 0) is 44.9 Å². The van der Waals surface area contributed by atoms with Gasteiger partial charge in [0.25, 0.3) is 10.1 Å². The molecule has 1 aromatic carbocycles. The van der Waals surface area contributed by atoms with Crippen molar-refractivity contribution in [3.8, 4) is 0 Å². The van der Waals surface area contributed by atoms with E-state index in [9.17, 15) is 22.6 Å². The van der Waals surface area contributed by atoms with Gasteiger partial charge in [-0.3, -0.25) is 9.45 Å². The third kappa shape index (κ3) is 3.13. The lowest BCUT2D eigenvalue weighted by molar-refractivity contribution is 0.0583. The molecule has 1 aromatic heterocycles. The van der Waals surface area contributed by atoms with Crippen LogP contribution in [0.5, 0.6) is 0 Å². The maximum absolute atomic E-state index is 12.4. The zero-order chi connectivity index (χ0) is 19.4. The molecule has 1 amide bonds. The van der Waals surface area contributed by atoms with Gasteiger partial charge in [0.05, 0.1) is 11.2 Å². The first kappa shape index (κ1) is 18.2. The van der Waals surface area contributed by atoms with Crippen molar-refractivity contribution in [1.29, 1.82) is 0 Å². The summed E-state index contributed by atoms with van der Waals surface area (Å²) in [6, 6.07) is 2.45. The number of hydrogen-bond donors (Lipinski definition) is 3. The third-order valence-corrected chi connectivity index (χ3v) is 4.84. The number of benzene rings is 1. The minimum Gasteiger partial charge on any atom is -0.477 e.